The van der Waals surface area contributed by atoms with Gasteiger partial charge in [-0.05, 0) is 69.5 Å². The fourth-order valence-corrected chi connectivity index (χ4v) is 4.43. The number of hydrogen-bond acceptors (Lipinski definition) is 4. The molecule has 0 unspecified atom stereocenters. The number of carbonyl (C=O) groups is 1. The molecule has 5 heteroatoms. The molecule has 0 aliphatic carbocycles. The number of piperazine rings is 1. The van der Waals surface area contributed by atoms with E-state index in [9.17, 15) is 4.79 Å². The second-order valence-corrected chi connectivity index (χ2v) is 8.59. The number of ether oxygens (including phenoxy) is 1. The highest BCUT2D eigenvalue weighted by molar-refractivity contribution is 5.98. The van der Waals surface area contributed by atoms with Gasteiger partial charge in [-0.3, -0.25) is 4.79 Å². The lowest BCUT2D eigenvalue weighted by atomic mass is 9.98. The Labute approximate surface area is 190 Å². The summed E-state index contributed by atoms with van der Waals surface area (Å²) in [5, 5.41) is 1.06. The van der Waals surface area contributed by atoms with E-state index in [1.165, 1.54) is 11.3 Å². The molecule has 2 heterocycles. The summed E-state index contributed by atoms with van der Waals surface area (Å²) in [5.74, 6) is 0.843. The van der Waals surface area contributed by atoms with Crippen LogP contribution in [-0.2, 0) is 4.79 Å². The number of amides is 1. The lowest BCUT2D eigenvalue weighted by Crippen LogP contribution is -2.48. The zero-order chi connectivity index (χ0) is 22.8. The van der Waals surface area contributed by atoms with Crippen LogP contribution in [-0.4, -0.2) is 43.6 Å². The third-order valence-electron chi connectivity index (χ3n) is 6.25. The van der Waals surface area contributed by atoms with E-state index in [1.54, 1.807) is 12.3 Å². The van der Waals surface area contributed by atoms with Crippen LogP contribution >= 0.6 is 0 Å². The summed E-state index contributed by atoms with van der Waals surface area (Å²) >= 11 is 0. The molecule has 3 aromatic rings. The molecule has 1 fully saturated rings. The zero-order valence-electron chi connectivity index (χ0n) is 19.7. The van der Waals surface area contributed by atoms with Gasteiger partial charge >= 0.3 is 0 Å². The Bertz CT molecular complexity index is 1170. The number of carbonyl (C=O) groups excluding carboxylic acids is 1. The molecule has 1 aliphatic rings. The van der Waals surface area contributed by atoms with Crippen molar-refractivity contribution in [2.45, 2.75) is 34.6 Å². The number of furan rings is 1. The summed E-state index contributed by atoms with van der Waals surface area (Å²) in [6.07, 6.45) is 3.52. The minimum Gasteiger partial charge on any atom is -0.493 e. The molecule has 0 bridgehead atoms. The minimum atomic E-state index is 0.0514. The van der Waals surface area contributed by atoms with Crippen LogP contribution in [0.5, 0.6) is 5.75 Å². The number of benzene rings is 2. The largest absolute Gasteiger partial charge is 0.493 e. The molecule has 0 atom stereocenters. The van der Waals surface area contributed by atoms with Gasteiger partial charge in [0.15, 0.2) is 0 Å². The standard InChI is InChI=1S/C27H32N2O3/c1-6-31-26-21(5)27-24(20(4)17-32-27)16-23(26)19(3)15-25(30)29-12-10-28(11-13-29)22-9-7-8-18(2)14-22/h7-9,14-17H,6,10-13H2,1-5H3/b19-15+. The number of fused-ring (bicyclic) bond motifs is 1. The van der Waals surface area contributed by atoms with E-state index in [-0.39, 0.29) is 5.91 Å². The van der Waals surface area contributed by atoms with Crippen molar-refractivity contribution in [1.29, 1.82) is 0 Å². The Kier molecular flexibility index (Phi) is 6.26. The van der Waals surface area contributed by atoms with Crippen molar-refractivity contribution >= 4 is 28.1 Å². The third kappa shape index (κ3) is 4.24. The third-order valence-corrected chi connectivity index (χ3v) is 6.25. The van der Waals surface area contributed by atoms with Crippen molar-refractivity contribution < 1.29 is 13.9 Å². The topological polar surface area (TPSA) is 45.9 Å². The SMILES string of the molecule is CCOc1c(/C(C)=C/C(=O)N2CCN(c3cccc(C)c3)CC2)cc2c(C)coc2c1C. The molecule has 1 amide bonds. The van der Waals surface area contributed by atoms with Crippen molar-refractivity contribution in [1.82, 2.24) is 4.90 Å². The fourth-order valence-electron chi connectivity index (χ4n) is 4.43. The summed E-state index contributed by atoms with van der Waals surface area (Å²) < 4.78 is 11.7. The number of allylic oxidation sites excluding steroid dienone is 1. The van der Waals surface area contributed by atoms with Crippen LogP contribution in [0, 0.1) is 20.8 Å². The highest BCUT2D eigenvalue weighted by atomic mass is 16.5. The number of anilines is 1. The van der Waals surface area contributed by atoms with Gasteiger partial charge in [0.1, 0.15) is 11.3 Å². The van der Waals surface area contributed by atoms with E-state index >= 15 is 0 Å². The van der Waals surface area contributed by atoms with Crippen LogP contribution in [0.3, 0.4) is 0 Å². The molecule has 2 aromatic carbocycles. The molecular weight excluding hydrogens is 400 g/mol. The Balaban J connectivity index is 1.54. The van der Waals surface area contributed by atoms with Crippen molar-refractivity contribution in [2.75, 3.05) is 37.7 Å². The summed E-state index contributed by atoms with van der Waals surface area (Å²) in [5.41, 5.74) is 7.24. The van der Waals surface area contributed by atoms with E-state index in [1.807, 2.05) is 32.6 Å². The first-order valence-corrected chi connectivity index (χ1v) is 11.3. The molecule has 32 heavy (non-hydrogen) atoms. The molecule has 1 aromatic heterocycles. The van der Waals surface area contributed by atoms with Crippen LogP contribution < -0.4 is 9.64 Å². The molecule has 1 aliphatic heterocycles. The number of rotatable bonds is 5. The van der Waals surface area contributed by atoms with E-state index in [2.05, 4.69) is 42.2 Å². The van der Waals surface area contributed by atoms with Gasteiger partial charge in [0.2, 0.25) is 5.91 Å². The van der Waals surface area contributed by atoms with Gasteiger partial charge in [0.25, 0.3) is 0 Å². The van der Waals surface area contributed by atoms with Crippen molar-refractivity contribution in [2.24, 2.45) is 0 Å². The van der Waals surface area contributed by atoms with Crippen molar-refractivity contribution in [3.8, 4) is 5.75 Å². The first-order valence-electron chi connectivity index (χ1n) is 11.3. The fraction of sp³-hybridized carbons (Fsp3) is 0.370. The number of nitrogens with zero attached hydrogens (tertiary/aromatic N) is 2. The molecule has 0 spiro atoms. The van der Waals surface area contributed by atoms with Gasteiger partial charge in [-0.2, -0.15) is 0 Å². The molecule has 4 rings (SSSR count). The Morgan fingerprint density at radius 3 is 2.56 bits per heavy atom. The van der Waals surface area contributed by atoms with Gasteiger partial charge in [0, 0.05) is 54.5 Å². The summed E-state index contributed by atoms with van der Waals surface area (Å²) in [4.78, 5) is 17.4. The average Bonchev–Trinajstić information content (AvgIpc) is 3.16. The van der Waals surface area contributed by atoms with Gasteiger partial charge in [-0.15, -0.1) is 0 Å². The molecule has 168 valence electrons. The molecule has 1 saturated heterocycles. The minimum absolute atomic E-state index is 0.0514. The smallest absolute Gasteiger partial charge is 0.246 e. The van der Waals surface area contributed by atoms with E-state index in [0.717, 1.165) is 52.1 Å². The highest BCUT2D eigenvalue weighted by Crippen LogP contribution is 2.37. The molecule has 5 nitrogen and oxygen atoms in total. The Morgan fingerprint density at radius 2 is 1.88 bits per heavy atom. The predicted octanol–water partition coefficient (Wildman–Crippen LogP) is 5.51. The lowest BCUT2D eigenvalue weighted by Gasteiger charge is -2.36. The lowest BCUT2D eigenvalue weighted by molar-refractivity contribution is -0.126. The van der Waals surface area contributed by atoms with Gasteiger partial charge in [0.05, 0.1) is 12.9 Å². The highest BCUT2D eigenvalue weighted by Gasteiger charge is 2.22. The second kappa shape index (κ2) is 9.11. The molecule has 0 N–H and O–H groups in total. The Hall–Kier alpha value is -3.21. The van der Waals surface area contributed by atoms with E-state index in [0.29, 0.717) is 19.7 Å². The van der Waals surface area contributed by atoms with Crippen LogP contribution in [0.1, 0.15) is 36.1 Å². The van der Waals surface area contributed by atoms with Crippen LogP contribution in [0.2, 0.25) is 0 Å². The molecule has 0 saturated carbocycles. The van der Waals surface area contributed by atoms with E-state index < -0.39 is 0 Å². The van der Waals surface area contributed by atoms with Crippen molar-refractivity contribution in [3.05, 3.63) is 64.9 Å². The predicted molar refractivity (Wildman–Crippen MR) is 130 cm³/mol. The number of hydrogen-bond donors (Lipinski definition) is 0. The quantitative estimate of drug-likeness (QED) is 0.499. The first-order chi connectivity index (χ1) is 15.4. The second-order valence-electron chi connectivity index (χ2n) is 8.59. The maximum Gasteiger partial charge on any atom is 0.246 e. The number of aryl methyl sites for hydroxylation is 3. The molecule has 0 radical (unpaired) electrons. The monoisotopic (exact) mass is 432 g/mol. The first kappa shape index (κ1) is 22.0. The summed E-state index contributed by atoms with van der Waals surface area (Å²) in [6, 6.07) is 10.6. The van der Waals surface area contributed by atoms with Gasteiger partial charge < -0.3 is 19.0 Å². The normalized spacial score (nSPS) is 14.8. The average molecular weight is 433 g/mol. The zero-order valence-corrected chi connectivity index (χ0v) is 19.7. The van der Waals surface area contributed by atoms with Gasteiger partial charge in [-0.1, -0.05) is 12.1 Å². The summed E-state index contributed by atoms with van der Waals surface area (Å²) in [7, 11) is 0. The van der Waals surface area contributed by atoms with E-state index in [4.69, 9.17) is 9.15 Å². The van der Waals surface area contributed by atoms with Gasteiger partial charge in [-0.25, -0.2) is 0 Å². The van der Waals surface area contributed by atoms with Crippen LogP contribution in [0.15, 0.2) is 47.1 Å². The summed E-state index contributed by atoms with van der Waals surface area (Å²) in [6.45, 7) is 13.8. The van der Waals surface area contributed by atoms with Crippen molar-refractivity contribution in [3.63, 3.8) is 0 Å². The Morgan fingerprint density at radius 1 is 1.12 bits per heavy atom. The maximum absolute atomic E-state index is 13.1. The maximum atomic E-state index is 13.1. The van der Waals surface area contributed by atoms with Crippen LogP contribution in [0.25, 0.3) is 16.5 Å². The molecular formula is C27H32N2O3. The van der Waals surface area contributed by atoms with Crippen LogP contribution in [0.4, 0.5) is 5.69 Å².